The average molecular weight is 573 g/mol. The number of hydrogen-bond donors (Lipinski definition) is 2. The molecule has 1 unspecified atom stereocenters. The van der Waals surface area contributed by atoms with Crippen molar-refractivity contribution >= 4 is 23.3 Å². The van der Waals surface area contributed by atoms with Gasteiger partial charge in [0.25, 0.3) is 0 Å². The van der Waals surface area contributed by atoms with Gasteiger partial charge in [0.05, 0.1) is 6.61 Å². The molecule has 216 valence electrons. The summed E-state index contributed by atoms with van der Waals surface area (Å²) in [6.45, 7) is 5.11. The van der Waals surface area contributed by atoms with E-state index in [-0.39, 0.29) is 5.41 Å². The Balaban J connectivity index is 1.20. The molecule has 3 aliphatic rings. The number of nitrogens with zero attached hydrogens (tertiary/aromatic N) is 1. The molecule has 6 rings (SSSR count). The minimum absolute atomic E-state index is 0.00837. The molecule has 1 heterocycles. The van der Waals surface area contributed by atoms with Gasteiger partial charge in [-0.1, -0.05) is 48.9 Å². The number of rotatable bonds is 8. The lowest BCUT2D eigenvalue weighted by Gasteiger charge is -2.47. The highest BCUT2D eigenvalue weighted by Gasteiger charge is 2.54. The SMILES string of the molecule is Cc1cnc2c(c1OC[C@H](C)CC1Cc3ccccc3C13CCC(Nc1cccc(Cl)c1)(C(=O)O)CC3)CCCC2. The maximum atomic E-state index is 12.7. The van der Waals surface area contributed by atoms with E-state index in [0.717, 1.165) is 55.5 Å². The van der Waals surface area contributed by atoms with Crippen molar-refractivity contribution in [3.63, 3.8) is 0 Å². The molecule has 0 saturated heterocycles. The van der Waals surface area contributed by atoms with Gasteiger partial charge in [0.2, 0.25) is 0 Å². The number of carboxylic acids is 1. The Bertz CT molecular complexity index is 1430. The molecule has 41 heavy (non-hydrogen) atoms. The van der Waals surface area contributed by atoms with Crippen LogP contribution in [0.15, 0.2) is 54.7 Å². The van der Waals surface area contributed by atoms with Crippen molar-refractivity contribution in [2.45, 2.75) is 89.0 Å². The highest BCUT2D eigenvalue weighted by atomic mass is 35.5. The second-order valence-corrected chi connectivity index (χ2v) is 13.2. The van der Waals surface area contributed by atoms with E-state index in [0.29, 0.717) is 36.3 Å². The first-order valence-corrected chi connectivity index (χ1v) is 15.6. The first kappa shape index (κ1) is 28.1. The number of halogens is 1. The maximum Gasteiger partial charge on any atom is 0.329 e. The summed E-state index contributed by atoms with van der Waals surface area (Å²) in [5.41, 5.74) is 6.28. The Kier molecular flexibility index (Phi) is 7.76. The van der Waals surface area contributed by atoms with Crippen LogP contribution in [-0.2, 0) is 29.5 Å². The standard InChI is InChI=1S/C35H41ClN2O3/c1-23(22-41-32-24(2)21-37-31-13-6-4-11-29(31)32)18-26-19-25-8-3-5-12-30(25)34(26)14-16-35(17-15-34,33(39)40)38-28-10-7-9-27(36)20-28/h3,5,7-10,12,20-21,23,26,38H,4,6,11,13-19,22H2,1-2H3,(H,39,40)/t23-,26?,34?,35?/m1/s1. The van der Waals surface area contributed by atoms with Gasteiger partial charge in [-0.3, -0.25) is 4.98 Å². The summed E-state index contributed by atoms with van der Waals surface area (Å²) in [4.78, 5) is 17.4. The fourth-order valence-corrected chi connectivity index (χ4v) is 8.13. The first-order chi connectivity index (χ1) is 19.8. The number of ether oxygens (including phenoxy) is 1. The van der Waals surface area contributed by atoms with Crippen LogP contribution in [0.5, 0.6) is 5.75 Å². The normalized spacial score (nSPS) is 25.8. The second kappa shape index (κ2) is 11.3. The molecule has 1 spiro atoms. The van der Waals surface area contributed by atoms with Crippen LogP contribution in [0.1, 0.15) is 79.8 Å². The van der Waals surface area contributed by atoms with Crippen molar-refractivity contribution in [3.8, 4) is 5.75 Å². The molecule has 0 aliphatic heterocycles. The van der Waals surface area contributed by atoms with E-state index in [9.17, 15) is 9.90 Å². The zero-order chi connectivity index (χ0) is 28.6. The summed E-state index contributed by atoms with van der Waals surface area (Å²) in [6.07, 6.45) is 11.4. The Morgan fingerprint density at radius 3 is 2.68 bits per heavy atom. The predicted octanol–water partition coefficient (Wildman–Crippen LogP) is 7.95. The molecule has 2 N–H and O–H groups in total. The van der Waals surface area contributed by atoms with Gasteiger partial charge in [-0.05, 0) is 118 Å². The minimum atomic E-state index is -0.995. The van der Waals surface area contributed by atoms with E-state index in [4.69, 9.17) is 21.3 Å². The summed E-state index contributed by atoms with van der Waals surface area (Å²) < 4.78 is 6.56. The molecule has 1 saturated carbocycles. The number of pyridine rings is 1. The molecule has 2 atom stereocenters. The molecule has 0 amide bonds. The Hall–Kier alpha value is -3.05. The Labute approximate surface area is 248 Å². The maximum absolute atomic E-state index is 12.7. The molecular weight excluding hydrogens is 532 g/mol. The lowest BCUT2D eigenvalue weighted by Crippen LogP contribution is -2.53. The van der Waals surface area contributed by atoms with Crippen molar-refractivity contribution in [3.05, 3.63) is 87.7 Å². The number of nitrogens with one attached hydrogen (secondary N) is 1. The van der Waals surface area contributed by atoms with E-state index in [1.54, 1.807) is 0 Å². The predicted molar refractivity (Wildman–Crippen MR) is 164 cm³/mol. The Morgan fingerprint density at radius 1 is 1.12 bits per heavy atom. The van der Waals surface area contributed by atoms with Crippen LogP contribution < -0.4 is 10.1 Å². The highest BCUT2D eigenvalue weighted by molar-refractivity contribution is 6.30. The molecule has 5 nitrogen and oxygen atoms in total. The van der Waals surface area contributed by atoms with Crippen LogP contribution in [0.2, 0.25) is 5.02 Å². The monoisotopic (exact) mass is 572 g/mol. The second-order valence-electron chi connectivity index (χ2n) is 12.8. The number of hydrogen-bond acceptors (Lipinski definition) is 4. The van der Waals surface area contributed by atoms with Gasteiger partial charge in [0, 0.05) is 33.7 Å². The quantitative estimate of drug-likeness (QED) is 0.286. The molecule has 1 aromatic heterocycles. The van der Waals surface area contributed by atoms with Gasteiger partial charge in [0.15, 0.2) is 0 Å². The van der Waals surface area contributed by atoms with Crippen LogP contribution in [0.3, 0.4) is 0 Å². The lowest BCUT2D eigenvalue weighted by molar-refractivity contribution is -0.144. The van der Waals surface area contributed by atoms with Crippen molar-refractivity contribution in [2.75, 3.05) is 11.9 Å². The fraction of sp³-hybridized carbons (Fsp3) is 0.486. The van der Waals surface area contributed by atoms with Gasteiger partial charge in [-0.25, -0.2) is 4.79 Å². The van der Waals surface area contributed by atoms with Crippen molar-refractivity contribution in [1.82, 2.24) is 4.98 Å². The van der Waals surface area contributed by atoms with E-state index in [2.05, 4.69) is 43.4 Å². The lowest BCUT2D eigenvalue weighted by atomic mass is 9.59. The molecule has 0 radical (unpaired) electrons. The van der Waals surface area contributed by atoms with E-state index in [1.165, 1.54) is 35.2 Å². The van der Waals surface area contributed by atoms with E-state index in [1.807, 2.05) is 30.5 Å². The smallest absolute Gasteiger partial charge is 0.329 e. The number of fused-ring (bicyclic) bond motifs is 3. The van der Waals surface area contributed by atoms with Crippen LogP contribution in [-0.4, -0.2) is 28.2 Å². The van der Waals surface area contributed by atoms with Gasteiger partial charge in [0.1, 0.15) is 11.3 Å². The number of aliphatic carboxylic acids is 1. The van der Waals surface area contributed by atoms with Crippen LogP contribution >= 0.6 is 11.6 Å². The number of benzene rings is 2. The molecule has 1 fully saturated rings. The number of anilines is 1. The zero-order valence-electron chi connectivity index (χ0n) is 24.2. The minimum Gasteiger partial charge on any atom is -0.493 e. The molecule has 3 aromatic rings. The molecule has 2 aromatic carbocycles. The Morgan fingerprint density at radius 2 is 1.90 bits per heavy atom. The molecule has 3 aliphatic carbocycles. The largest absolute Gasteiger partial charge is 0.493 e. The number of carboxylic acid groups (broad SMARTS) is 1. The van der Waals surface area contributed by atoms with Gasteiger partial charge in [-0.2, -0.15) is 0 Å². The fourth-order valence-electron chi connectivity index (χ4n) is 7.94. The number of carbonyl (C=O) groups is 1. The summed E-state index contributed by atoms with van der Waals surface area (Å²) in [5, 5.41) is 14.4. The third kappa shape index (κ3) is 5.34. The van der Waals surface area contributed by atoms with Gasteiger partial charge in [-0.15, -0.1) is 0 Å². The van der Waals surface area contributed by atoms with Crippen LogP contribution in [0, 0.1) is 18.8 Å². The van der Waals surface area contributed by atoms with Gasteiger partial charge < -0.3 is 15.2 Å². The molecule has 0 bridgehead atoms. The van der Waals surface area contributed by atoms with Crippen molar-refractivity contribution in [2.24, 2.45) is 11.8 Å². The summed E-state index contributed by atoms with van der Waals surface area (Å²) in [5.74, 6) is 1.12. The molecule has 6 heteroatoms. The van der Waals surface area contributed by atoms with Crippen LogP contribution in [0.25, 0.3) is 0 Å². The van der Waals surface area contributed by atoms with Crippen molar-refractivity contribution in [1.29, 1.82) is 0 Å². The van der Waals surface area contributed by atoms with Crippen LogP contribution in [0.4, 0.5) is 5.69 Å². The average Bonchev–Trinajstić information content (AvgIpc) is 3.26. The zero-order valence-corrected chi connectivity index (χ0v) is 25.0. The third-order valence-corrected chi connectivity index (χ3v) is 10.3. The number of aryl methyl sites for hydroxylation is 2. The topological polar surface area (TPSA) is 71.5 Å². The third-order valence-electron chi connectivity index (χ3n) is 10.1. The first-order valence-electron chi connectivity index (χ1n) is 15.3. The summed E-state index contributed by atoms with van der Waals surface area (Å²) in [6, 6.07) is 16.2. The van der Waals surface area contributed by atoms with E-state index < -0.39 is 11.5 Å². The summed E-state index contributed by atoms with van der Waals surface area (Å²) in [7, 11) is 0. The number of aromatic nitrogens is 1. The van der Waals surface area contributed by atoms with Crippen molar-refractivity contribution < 1.29 is 14.6 Å². The van der Waals surface area contributed by atoms with Gasteiger partial charge >= 0.3 is 5.97 Å². The summed E-state index contributed by atoms with van der Waals surface area (Å²) >= 11 is 6.22. The highest BCUT2D eigenvalue weighted by Crippen LogP contribution is 2.56. The molecular formula is C35H41ClN2O3. The van der Waals surface area contributed by atoms with E-state index >= 15 is 0 Å².